The molecule has 3 heterocycles. The molecule has 0 N–H and O–H groups in total. The highest BCUT2D eigenvalue weighted by Crippen LogP contribution is 2.54. The highest BCUT2D eigenvalue weighted by Gasteiger charge is 2.63. The number of rotatable bonds is 3. The van der Waals surface area contributed by atoms with Gasteiger partial charge in [-0.3, -0.25) is 4.90 Å². The quantitative estimate of drug-likeness (QED) is 0.569. The summed E-state index contributed by atoms with van der Waals surface area (Å²) in [5.41, 5.74) is 0.621. The van der Waals surface area contributed by atoms with E-state index in [-0.39, 0.29) is 24.3 Å². The Hall–Kier alpha value is -1.17. The van der Waals surface area contributed by atoms with E-state index in [2.05, 4.69) is 17.1 Å². The van der Waals surface area contributed by atoms with Crippen molar-refractivity contribution in [1.82, 2.24) is 4.90 Å². The zero-order valence-electron chi connectivity index (χ0n) is 11.7. The number of methoxy groups -OCH3 is 2. The lowest BCUT2D eigenvalue weighted by atomic mass is 9.81. The van der Waals surface area contributed by atoms with Gasteiger partial charge in [-0.2, -0.15) is 0 Å². The van der Waals surface area contributed by atoms with Crippen LogP contribution in [0.1, 0.15) is 19.3 Å². The van der Waals surface area contributed by atoms with Crippen LogP contribution in [-0.2, 0) is 19.0 Å². The van der Waals surface area contributed by atoms with Crippen molar-refractivity contribution in [3.05, 3.63) is 23.8 Å². The van der Waals surface area contributed by atoms with Gasteiger partial charge in [0.05, 0.1) is 12.1 Å². The number of esters is 1. The molecule has 0 aromatic rings. The standard InChI is InChI=1S/C15H19NO4/c1-18-14(19-2)11-5-6-12-15-8-10(16(11)12)4-3-9(15)7-13(17)20-15/h3-4,7,10-12,14H,5-6,8H2,1-2H3. The minimum Gasteiger partial charge on any atom is -0.449 e. The van der Waals surface area contributed by atoms with Crippen LogP contribution in [0.2, 0.25) is 0 Å². The van der Waals surface area contributed by atoms with Crippen molar-refractivity contribution in [3.63, 3.8) is 0 Å². The van der Waals surface area contributed by atoms with E-state index >= 15 is 0 Å². The molecule has 0 saturated carbocycles. The van der Waals surface area contributed by atoms with Crippen LogP contribution in [0.3, 0.4) is 0 Å². The minimum atomic E-state index is -0.419. The summed E-state index contributed by atoms with van der Waals surface area (Å²) in [6.45, 7) is 0. The number of nitrogens with zero attached hydrogens (tertiary/aromatic N) is 1. The highest BCUT2D eigenvalue weighted by molar-refractivity contribution is 5.88. The second-order valence-corrected chi connectivity index (χ2v) is 5.99. The fourth-order valence-electron chi connectivity index (χ4n) is 4.56. The molecule has 0 radical (unpaired) electrons. The first kappa shape index (κ1) is 12.6. The lowest BCUT2D eigenvalue weighted by molar-refractivity contribution is -0.151. The highest BCUT2D eigenvalue weighted by atomic mass is 16.7. The van der Waals surface area contributed by atoms with Gasteiger partial charge in [0.25, 0.3) is 0 Å². The maximum atomic E-state index is 11.7. The van der Waals surface area contributed by atoms with Gasteiger partial charge in [0.15, 0.2) is 11.9 Å². The molecule has 2 saturated heterocycles. The van der Waals surface area contributed by atoms with E-state index in [4.69, 9.17) is 14.2 Å². The molecule has 2 bridgehead atoms. The van der Waals surface area contributed by atoms with Gasteiger partial charge < -0.3 is 14.2 Å². The fourth-order valence-corrected chi connectivity index (χ4v) is 4.56. The van der Waals surface area contributed by atoms with E-state index in [1.54, 1.807) is 20.3 Å². The predicted molar refractivity (Wildman–Crippen MR) is 70.9 cm³/mol. The van der Waals surface area contributed by atoms with Crippen LogP contribution < -0.4 is 0 Å². The molecule has 4 rings (SSSR count). The van der Waals surface area contributed by atoms with E-state index in [9.17, 15) is 4.79 Å². The van der Waals surface area contributed by atoms with Crippen molar-refractivity contribution >= 4 is 5.97 Å². The monoisotopic (exact) mass is 277 g/mol. The Labute approximate surface area is 118 Å². The maximum absolute atomic E-state index is 11.7. The Bertz CT molecular complexity index is 510. The average molecular weight is 277 g/mol. The molecule has 4 aliphatic rings. The number of carbonyl (C=O) groups excluding carboxylic acids is 1. The molecule has 1 aliphatic carbocycles. The lowest BCUT2D eigenvalue weighted by Crippen LogP contribution is -2.48. The minimum absolute atomic E-state index is 0.203. The smallest absolute Gasteiger partial charge is 0.332 e. The van der Waals surface area contributed by atoms with Crippen molar-refractivity contribution in [2.45, 2.75) is 49.3 Å². The van der Waals surface area contributed by atoms with Crippen molar-refractivity contribution in [1.29, 1.82) is 0 Å². The molecule has 20 heavy (non-hydrogen) atoms. The molecule has 5 heteroatoms. The SMILES string of the molecule is COC(OC)C1CCC2N1C1C=CC3=CC(=O)OC32C1. The second kappa shape index (κ2) is 4.16. The number of hydrogen-bond donors (Lipinski definition) is 0. The van der Waals surface area contributed by atoms with Crippen LogP contribution >= 0.6 is 0 Å². The Balaban J connectivity index is 1.71. The molecular formula is C15H19NO4. The Kier molecular flexibility index (Phi) is 2.61. The Morgan fingerprint density at radius 2 is 2.20 bits per heavy atom. The van der Waals surface area contributed by atoms with E-state index in [1.165, 1.54) is 0 Å². The number of hydrogen-bond acceptors (Lipinski definition) is 5. The topological polar surface area (TPSA) is 48.0 Å². The third kappa shape index (κ3) is 1.40. The van der Waals surface area contributed by atoms with Gasteiger partial charge in [0.2, 0.25) is 0 Å². The zero-order chi connectivity index (χ0) is 13.9. The van der Waals surface area contributed by atoms with Crippen LogP contribution in [0.5, 0.6) is 0 Å². The fraction of sp³-hybridized carbons (Fsp3) is 0.667. The van der Waals surface area contributed by atoms with Gasteiger partial charge >= 0.3 is 5.97 Å². The van der Waals surface area contributed by atoms with E-state index in [0.717, 1.165) is 24.8 Å². The zero-order valence-corrected chi connectivity index (χ0v) is 11.7. The summed E-state index contributed by atoms with van der Waals surface area (Å²) in [6, 6.07) is 0.782. The van der Waals surface area contributed by atoms with Gasteiger partial charge in [-0.25, -0.2) is 4.79 Å². The van der Waals surface area contributed by atoms with E-state index in [0.29, 0.717) is 6.04 Å². The van der Waals surface area contributed by atoms with Crippen LogP contribution in [0.25, 0.3) is 0 Å². The summed E-state index contributed by atoms with van der Waals surface area (Å²) in [7, 11) is 3.36. The third-order valence-corrected chi connectivity index (χ3v) is 5.23. The van der Waals surface area contributed by atoms with Crippen molar-refractivity contribution in [2.75, 3.05) is 14.2 Å². The molecule has 1 spiro atoms. The number of fused-ring (bicyclic) bond motifs is 3. The summed E-state index contributed by atoms with van der Waals surface area (Å²) in [5, 5.41) is 0. The van der Waals surface area contributed by atoms with Gasteiger partial charge in [0, 0.05) is 38.3 Å². The van der Waals surface area contributed by atoms with E-state index < -0.39 is 5.60 Å². The van der Waals surface area contributed by atoms with Crippen molar-refractivity contribution in [2.24, 2.45) is 0 Å². The molecule has 4 unspecified atom stereocenters. The molecule has 0 amide bonds. The van der Waals surface area contributed by atoms with Crippen LogP contribution in [-0.4, -0.2) is 55.1 Å². The third-order valence-electron chi connectivity index (χ3n) is 5.23. The van der Waals surface area contributed by atoms with Crippen LogP contribution in [0, 0.1) is 0 Å². The van der Waals surface area contributed by atoms with Gasteiger partial charge in [-0.15, -0.1) is 0 Å². The normalized spacial score (nSPS) is 41.9. The van der Waals surface area contributed by atoms with Crippen molar-refractivity contribution < 1.29 is 19.0 Å². The first-order valence-electron chi connectivity index (χ1n) is 7.16. The first-order chi connectivity index (χ1) is 9.69. The first-order valence-corrected chi connectivity index (χ1v) is 7.16. The summed E-state index contributed by atoms with van der Waals surface area (Å²) in [4.78, 5) is 14.1. The molecule has 4 atom stereocenters. The van der Waals surface area contributed by atoms with Crippen molar-refractivity contribution in [3.8, 4) is 0 Å². The number of carbonyl (C=O) groups is 1. The predicted octanol–water partition coefficient (Wildman–Crippen LogP) is 1.00. The molecule has 3 aliphatic heterocycles. The van der Waals surface area contributed by atoms with E-state index in [1.807, 2.05) is 0 Å². The second-order valence-electron chi connectivity index (χ2n) is 5.99. The summed E-state index contributed by atoms with van der Waals surface area (Å²) in [5.74, 6) is -0.203. The summed E-state index contributed by atoms with van der Waals surface area (Å²) in [6.07, 6.45) is 8.55. The number of ether oxygens (including phenoxy) is 3. The average Bonchev–Trinajstić information content (AvgIpc) is 3.06. The Morgan fingerprint density at radius 3 is 2.95 bits per heavy atom. The largest absolute Gasteiger partial charge is 0.449 e. The molecule has 5 nitrogen and oxygen atoms in total. The molecule has 0 aromatic carbocycles. The summed E-state index contributed by atoms with van der Waals surface area (Å²) < 4.78 is 16.7. The maximum Gasteiger partial charge on any atom is 0.332 e. The van der Waals surface area contributed by atoms with Crippen LogP contribution in [0.4, 0.5) is 0 Å². The Morgan fingerprint density at radius 1 is 1.40 bits per heavy atom. The van der Waals surface area contributed by atoms with Gasteiger partial charge in [0.1, 0.15) is 0 Å². The van der Waals surface area contributed by atoms with Crippen LogP contribution in [0.15, 0.2) is 23.8 Å². The molecule has 108 valence electrons. The molecular weight excluding hydrogens is 258 g/mol. The van der Waals surface area contributed by atoms with Gasteiger partial charge in [-0.05, 0) is 12.8 Å². The molecule has 0 aromatic heterocycles. The molecule has 2 fully saturated rings. The summed E-state index contributed by atoms with van der Waals surface area (Å²) >= 11 is 0. The lowest BCUT2D eigenvalue weighted by Gasteiger charge is -2.33. The van der Waals surface area contributed by atoms with Gasteiger partial charge in [-0.1, -0.05) is 12.2 Å².